The van der Waals surface area contributed by atoms with Gasteiger partial charge in [0.1, 0.15) is 19.3 Å². The minimum Gasteiger partial charge on any atom is -0.462 e. The van der Waals surface area contributed by atoms with Crippen molar-refractivity contribution < 1.29 is 80.2 Å². The average molecular weight is 1500 g/mol. The Hall–Kier alpha value is -5.32. The Morgan fingerprint density at radius 1 is 0.279 bits per heavy atom. The van der Waals surface area contributed by atoms with Crippen LogP contribution in [0.4, 0.5) is 0 Å². The third-order valence-electron chi connectivity index (χ3n) is 15.9. The van der Waals surface area contributed by atoms with Crippen LogP contribution in [0.3, 0.4) is 0 Å². The largest absolute Gasteiger partial charge is 0.472 e. The predicted octanol–water partition coefficient (Wildman–Crippen LogP) is 23.2. The molecule has 0 rings (SSSR count). The minimum absolute atomic E-state index is 0.0354. The molecule has 104 heavy (non-hydrogen) atoms. The van der Waals surface area contributed by atoms with Gasteiger partial charge < -0.3 is 33.8 Å². The number of aliphatic hydroxyl groups is 1. The average Bonchev–Trinajstić information content (AvgIpc) is 0.939. The van der Waals surface area contributed by atoms with Gasteiger partial charge in [0, 0.05) is 25.7 Å². The number of phosphoric acid groups is 2. The van der Waals surface area contributed by atoms with Crippen LogP contribution in [0.25, 0.3) is 0 Å². The summed E-state index contributed by atoms with van der Waals surface area (Å²) in [5.41, 5.74) is 0. The maximum Gasteiger partial charge on any atom is 0.472 e. The van der Waals surface area contributed by atoms with Gasteiger partial charge in [-0.25, -0.2) is 9.13 Å². The number of hydrogen-bond acceptors (Lipinski definition) is 15. The molecule has 17 nitrogen and oxygen atoms in total. The van der Waals surface area contributed by atoms with E-state index in [9.17, 15) is 43.2 Å². The summed E-state index contributed by atoms with van der Waals surface area (Å²) in [6, 6.07) is 0. The molecule has 0 saturated heterocycles. The van der Waals surface area contributed by atoms with E-state index in [1.165, 1.54) is 0 Å². The zero-order valence-corrected chi connectivity index (χ0v) is 66.4. The lowest BCUT2D eigenvalue weighted by Crippen LogP contribution is -2.30. The van der Waals surface area contributed by atoms with Crippen molar-refractivity contribution in [3.8, 4) is 0 Å². The Labute approximate surface area is 629 Å². The molecule has 0 fully saturated rings. The molecule has 5 unspecified atom stereocenters. The zero-order chi connectivity index (χ0) is 76.0. The highest BCUT2D eigenvalue weighted by Crippen LogP contribution is 2.45. The van der Waals surface area contributed by atoms with Crippen molar-refractivity contribution in [2.24, 2.45) is 0 Å². The van der Waals surface area contributed by atoms with Gasteiger partial charge in [0.05, 0.1) is 26.4 Å². The highest BCUT2D eigenvalue weighted by molar-refractivity contribution is 7.47. The summed E-state index contributed by atoms with van der Waals surface area (Å²) in [5.74, 6) is -2.27. The van der Waals surface area contributed by atoms with Crippen molar-refractivity contribution in [3.05, 3.63) is 158 Å². The lowest BCUT2D eigenvalue weighted by molar-refractivity contribution is -0.161. The Morgan fingerprint density at radius 2 is 0.500 bits per heavy atom. The highest BCUT2D eigenvalue weighted by Gasteiger charge is 2.30. The van der Waals surface area contributed by atoms with Crippen LogP contribution in [0.5, 0.6) is 0 Å². The van der Waals surface area contributed by atoms with Gasteiger partial charge in [0.25, 0.3) is 0 Å². The van der Waals surface area contributed by atoms with Gasteiger partial charge in [0.2, 0.25) is 0 Å². The van der Waals surface area contributed by atoms with Gasteiger partial charge >= 0.3 is 39.5 Å². The molecule has 0 heterocycles. The summed E-state index contributed by atoms with van der Waals surface area (Å²) in [4.78, 5) is 73.0. The van der Waals surface area contributed by atoms with E-state index in [0.717, 1.165) is 212 Å². The highest BCUT2D eigenvalue weighted by atomic mass is 31.2. The molecular formula is C85H140O17P2. The summed E-state index contributed by atoms with van der Waals surface area (Å²) in [7, 11) is -9.99. The fourth-order valence-corrected chi connectivity index (χ4v) is 11.6. The Balaban J connectivity index is 5.41. The van der Waals surface area contributed by atoms with Crippen LogP contribution in [-0.2, 0) is 65.4 Å². The summed E-state index contributed by atoms with van der Waals surface area (Å²) >= 11 is 0. The predicted molar refractivity (Wildman–Crippen MR) is 427 cm³/mol. The molecule has 0 aliphatic carbocycles. The number of hydrogen-bond donors (Lipinski definition) is 3. The molecule has 0 aromatic rings. The first kappa shape index (κ1) is 98.7. The van der Waals surface area contributed by atoms with Gasteiger partial charge in [0.15, 0.2) is 12.2 Å². The van der Waals surface area contributed by atoms with Gasteiger partial charge in [-0.15, -0.1) is 0 Å². The number of phosphoric ester groups is 2. The quantitative estimate of drug-likeness (QED) is 0.0169. The topological polar surface area (TPSA) is 237 Å². The second-order valence-electron chi connectivity index (χ2n) is 25.9. The van der Waals surface area contributed by atoms with Crippen molar-refractivity contribution in [1.29, 1.82) is 0 Å². The van der Waals surface area contributed by atoms with E-state index in [4.69, 9.17) is 37.0 Å². The molecule has 592 valence electrons. The Kier molecular flexibility index (Phi) is 72.0. The molecular weight excluding hydrogens is 1350 g/mol. The summed E-state index contributed by atoms with van der Waals surface area (Å²) in [6.45, 7) is 4.38. The first-order valence-corrected chi connectivity index (χ1v) is 42.7. The third kappa shape index (κ3) is 74.9. The van der Waals surface area contributed by atoms with E-state index >= 15 is 0 Å². The maximum absolute atomic E-state index is 13.1. The molecule has 0 aliphatic rings. The van der Waals surface area contributed by atoms with Gasteiger partial charge in [-0.1, -0.05) is 269 Å². The van der Waals surface area contributed by atoms with E-state index in [1.807, 2.05) is 0 Å². The molecule has 0 aliphatic heterocycles. The molecule has 0 bridgehead atoms. The van der Waals surface area contributed by atoms with Crippen LogP contribution >= 0.6 is 15.6 Å². The van der Waals surface area contributed by atoms with Gasteiger partial charge in [-0.05, 0) is 161 Å². The molecule has 0 amide bonds. The monoisotopic (exact) mass is 1490 g/mol. The molecule has 5 atom stereocenters. The molecule has 0 aromatic carbocycles. The smallest absolute Gasteiger partial charge is 0.462 e. The minimum atomic E-state index is -5.00. The molecule has 19 heteroatoms. The van der Waals surface area contributed by atoms with E-state index < -0.39 is 97.5 Å². The van der Waals surface area contributed by atoms with Gasteiger partial charge in [-0.3, -0.25) is 37.3 Å². The van der Waals surface area contributed by atoms with Crippen LogP contribution in [0.15, 0.2) is 158 Å². The molecule has 3 N–H and O–H groups in total. The van der Waals surface area contributed by atoms with E-state index in [-0.39, 0.29) is 25.7 Å². The van der Waals surface area contributed by atoms with Gasteiger partial charge in [-0.2, -0.15) is 0 Å². The van der Waals surface area contributed by atoms with Crippen molar-refractivity contribution >= 4 is 39.5 Å². The number of aliphatic hydroxyl groups excluding tert-OH is 1. The molecule has 0 spiro atoms. The zero-order valence-electron chi connectivity index (χ0n) is 64.6. The number of carbonyl (C=O) groups excluding carboxylic acids is 4. The molecule has 0 aromatic heterocycles. The van der Waals surface area contributed by atoms with Crippen LogP contribution in [0.2, 0.25) is 0 Å². The fourth-order valence-electron chi connectivity index (χ4n) is 10.0. The van der Waals surface area contributed by atoms with Crippen molar-refractivity contribution in [3.63, 3.8) is 0 Å². The second kappa shape index (κ2) is 75.9. The van der Waals surface area contributed by atoms with E-state index in [2.05, 4.69) is 186 Å². The Morgan fingerprint density at radius 3 is 0.788 bits per heavy atom. The number of unbranched alkanes of at least 4 members (excludes halogenated alkanes) is 21. The number of carbonyl (C=O) groups is 4. The Bertz CT molecular complexity index is 2590. The summed E-state index contributed by atoms with van der Waals surface area (Å²) in [5, 5.41) is 10.6. The van der Waals surface area contributed by atoms with Crippen LogP contribution in [0.1, 0.15) is 297 Å². The van der Waals surface area contributed by atoms with Crippen molar-refractivity contribution in [1.82, 2.24) is 0 Å². The lowest BCUT2D eigenvalue weighted by Gasteiger charge is -2.21. The summed E-state index contributed by atoms with van der Waals surface area (Å²) < 4.78 is 68.5. The van der Waals surface area contributed by atoms with Crippen LogP contribution in [-0.4, -0.2) is 96.7 Å². The van der Waals surface area contributed by atoms with Crippen molar-refractivity contribution in [2.45, 2.75) is 316 Å². The first-order valence-electron chi connectivity index (χ1n) is 39.7. The number of ether oxygens (including phenoxy) is 4. The van der Waals surface area contributed by atoms with E-state index in [1.54, 1.807) is 0 Å². The molecule has 0 radical (unpaired) electrons. The standard InChI is InChI=1S/C85H140O17P2/c1-5-9-13-17-21-25-29-33-36-38-39-41-44-47-50-54-58-62-66-70-83(88)95-75-80(101-84(89)71-67-63-59-55-51-45-32-28-24-20-16-12-8-4)77-99-103(91,92)97-73-79(86)74-98-104(93,94)100-78-81(102-85(90)72-68-64-60-56-52-48-42-35-31-27-23-19-15-11-7-3)76-96-82(87)69-65-61-57-53-49-46-43-40-37-34-30-26-22-18-14-10-6-2/h9-11,13-16,20-23,25-28,32-37,39,41-42,52,56,79-81,86H,5-8,12,17-19,24,29-31,38,40,43-51,53-55,57-78H2,1-4H3,(H,91,92)(H,93,94)/b13-9-,14-10-,15-11-,20-16-,25-21-,26-22-,27-23-,32-28-,36-33-,37-34-,41-39-,42-35-,56-52-. The van der Waals surface area contributed by atoms with E-state index in [0.29, 0.717) is 32.1 Å². The SMILES string of the molecule is CC/C=C\C/C=C\C/C=C\C/C=C\CCCCCCCCC(=O)OCC(COP(=O)(O)OCC(O)COP(=O)(O)OCC(COC(=O)CCCCCCCCC/C=C\C/C=C\C/C=C\CC)OC(=O)CCCC/C=C\C/C=C\C/C=C\C/C=C\CC)OC(=O)CCCCCCC/C=C\C/C=C\CCC. The van der Waals surface area contributed by atoms with Crippen molar-refractivity contribution in [2.75, 3.05) is 39.6 Å². The normalized spacial score (nSPS) is 14.7. The maximum atomic E-state index is 13.1. The van der Waals surface area contributed by atoms with Crippen LogP contribution in [0, 0.1) is 0 Å². The van der Waals surface area contributed by atoms with Crippen LogP contribution < -0.4 is 0 Å². The third-order valence-corrected chi connectivity index (χ3v) is 17.9. The second-order valence-corrected chi connectivity index (χ2v) is 28.8. The lowest BCUT2D eigenvalue weighted by atomic mass is 10.1. The number of rotatable bonds is 73. The number of esters is 4. The summed E-state index contributed by atoms with van der Waals surface area (Å²) in [6.07, 6.45) is 88.0. The number of allylic oxidation sites excluding steroid dienone is 26. The fraction of sp³-hybridized carbons (Fsp3) is 0.647. The molecule has 0 saturated carbocycles. The first-order chi connectivity index (χ1) is 50.7.